The molecule has 0 saturated heterocycles. The van der Waals surface area contributed by atoms with E-state index in [0.29, 0.717) is 11.4 Å². The van der Waals surface area contributed by atoms with Crippen molar-refractivity contribution in [2.24, 2.45) is 0 Å². The SMILES string of the molecule is CC.O=C(O)c1ccc(F)c(-c2cccc(-c3nsc(-c4ccccc4)n3)c2)c1. The van der Waals surface area contributed by atoms with E-state index in [4.69, 9.17) is 5.11 Å². The minimum Gasteiger partial charge on any atom is -0.478 e. The fraction of sp³-hybridized carbons (Fsp3) is 0.0870. The average molecular weight is 406 g/mol. The van der Waals surface area contributed by atoms with Crippen molar-refractivity contribution in [2.75, 3.05) is 0 Å². The highest BCUT2D eigenvalue weighted by Crippen LogP contribution is 2.30. The molecule has 1 N–H and O–H groups in total. The van der Waals surface area contributed by atoms with E-state index in [-0.39, 0.29) is 11.1 Å². The number of carbonyl (C=O) groups is 1. The highest BCUT2D eigenvalue weighted by atomic mass is 32.1. The van der Waals surface area contributed by atoms with Crippen LogP contribution < -0.4 is 0 Å². The summed E-state index contributed by atoms with van der Waals surface area (Å²) < 4.78 is 18.7. The summed E-state index contributed by atoms with van der Waals surface area (Å²) in [4.78, 5) is 15.8. The predicted molar refractivity (Wildman–Crippen MR) is 114 cm³/mol. The molecule has 1 aromatic heterocycles. The van der Waals surface area contributed by atoms with Gasteiger partial charge in [-0.3, -0.25) is 0 Å². The molecular weight excluding hydrogens is 387 g/mol. The number of halogens is 1. The second-order valence-corrected chi connectivity index (χ2v) is 6.62. The molecule has 0 amide bonds. The van der Waals surface area contributed by atoms with Crippen LogP contribution in [0.15, 0.2) is 72.8 Å². The number of rotatable bonds is 4. The van der Waals surface area contributed by atoms with Gasteiger partial charge in [-0.05, 0) is 41.4 Å². The number of nitrogens with zero attached hydrogens (tertiary/aromatic N) is 2. The normalized spacial score (nSPS) is 10.2. The zero-order chi connectivity index (χ0) is 20.8. The van der Waals surface area contributed by atoms with Crippen LogP contribution >= 0.6 is 11.5 Å². The number of carboxylic acid groups (broad SMARTS) is 1. The molecule has 0 aliphatic heterocycles. The lowest BCUT2D eigenvalue weighted by atomic mass is 10.00. The van der Waals surface area contributed by atoms with Crippen molar-refractivity contribution in [3.8, 4) is 33.1 Å². The van der Waals surface area contributed by atoms with E-state index < -0.39 is 11.8 Å². The summed E-state index contributed by atoms with van der Waals surface area (Å²) in [5.74, 6) is -1.02. The summed E-state index contributed by atoms with van der Waals surface area (Å²) in [7, 11) is 0. The largest absolute Gasteiger partial charge is 0.478 e. The molecule has 4 aromatic rings. The molecule has 0 aliphatic rings. The van der Waals surface area contributed by atoms with Crippen molar-refractivity contribution in [1.29, 1.82) is 0 Å². The third kappa shape index (κ3) is 4.55. The van der Waals surface area contributed by atoms with Gasteiger partial charge in [-0.1, -0.05) is 62.4 Å². The lowest BCUT2D eigenvalue weighted by Crippen LogP contribution is -1.97. The number of benzene rings is 3. The fourth-order valence-corrected chi connectivity index (χ4v) is 3.43. The first kappa shape index (κ1) is 20.4. The Balaban J connectivity index is 0.00000117. The third-order valence-electron chi connectivity index (χ3n) is 4.09. The van der Waals surface area contributed by atoms with Gasteiger partial charge in [0.2, 0.25) is 0 Å². The minimum absolute atomic E-state index is 0.0370. The molecule has 0 radical (unpaired) electrons. The van der Waals surface area contributed by atoms with Gasteiger partial charge < -0.3 is 5.11 Å². The highest BCUT2D eigenvalue weighted by molar-refractivity contribution is 7.09. The first-order valence-electron chi connectivity index (χ1n) is 9.14. The first-order chi connectivity index (χ1) is 14.1. The van der Waals surface area contributed by atoms with Gasteiger partial charge in [0.25, 0.3) is 0 Å². The molecule has 146 valence electrons. The number of aromatic nitrogens is 2. The lowest BCUT2D eigenvalue weighted by molar-refractivity contribution is 0.0697. The van der Waals surface area contributed by atoms with Crippen molar-refractivity contribution in [3.63, 3.8) is 0 Å². The van der Waals surface area contributed by atoms with Crippen LogP contribution in [0.5, 0.6) is 0 Å². The van der Waals surface area contributed by atoms with Crippen LogP contribution in [0.1, 0.15) is 24.2 Å². The number of hydrogen-bond donors (Lipinski definition) is 1. The number of aromatic carboxylic acids is 1. The summed E-state index contributed by atoms with van der Waals surface area (Å²) in [6, 6.07) is 20.6. The maximum absolute atomic E-state index is 14.3. The van der Waals surface area contributed by atoms with Gasteiger partial charge in [-0.2, -0.15) is 4.37 Å². The molecular formula is C23H19FN2O2S. The van der Waals surface area contributed by atoms with Crippen LogP contribution in [0.25, 0.3) is 33.1 Å². The van der Waals surface area contributed by atoms with Crippen LogP contribution in [0, 0.1) is 5.82 Å². The molecule has 0 bridgehead atoms. The van der Waals surface area contributed by atoms with Gasteiger partial charge in [0.15, 0.2) is 5.82 Å². The summed E-state index contributed by atoms with van der Waals surface area (Å²) >= 11 is 1.30. The fourth-order valence-electron chi connectivity index (χ4n) is 2.74. The van der Waals surface area contributed by atoms with Crippen LogP contribution in [0.3, 0.4) is 0 Å². The quantitative estimate of drug-likeness (QED) is 0.426. The molecule has 29 heavy (non-hydrogen) atoms. The lowest BCUT2D eigenvalue weighted by Gasteiger charge is -2.06. The highest BCUT2D eigenvalue weighted by Gasteiger charge is 2.13. The first-order valence-corrected chi connectivity index (χ1v) is 9.92. The Morgan fingerprint density at radius 3 is 2.31 bits per heavy atom. The van der Waals surface area contributed by atoms with Gasteiger partial charge in [-0.15, -0.1) is 0 Å². The molecule has 0 atom stereocenters. The summed E-state index contributed by atoms with van der Waals surface area (Å²) in [5.41, 5.74) is 2.57. The zero-order valence-electron chi connectivity index (χ0n) is 16.0. The standard InChI is InChI=1S/C21H13FN2O2S.C2H6/c22-18-10-9-16(21(25)26)12-17(18)14-7-4-8-15(11-14)19-23-20(27-24-19)13-5-2-1-3-6-13;1-2/h1-12H,(H,25,26);1-2H3. The third-order valence-corrected chi connectivity index (χ3v) is 4.86. The Bertz CT molecular complexity index is 1130. The van der Waals surface area contributed by atoms with Crippen LogP contribution in [0.4, 0.5) is 4.39 Å². The molecule has 0 spiro atoms. The number of hydrogen-bond acceptors (Lipinski definition) is 4. The van der Waals surface area contributed by atoms with Gasteiger partial charge in [0, 0.05) is 16.7 Å². The van der Waals surface area contributed by atoms with Gasteiger partial charge in [0.05, 0.1) is 5.56 Å². The summed E-state index contributed by atoms with van der Waals surface area (Å²) in [6.07, 6.45) is 0. The average Bonchev–Trinajstić information content (AvgIpc) is 3.26. The Labute approximate surface area is 172 Å². The molecule has 6 heteroatoms. The van der Waals surface area contributed by atoms with Crippen molar-refractivity contribution < 1.29 is 14.3 Å². The van der Waals surface area contributed by atoms with Crippen LogP contribution in [-0.4, -0.2) is 20.4 Å². The van der Waals surface area contributed by atoms with Crippen molar-refractivity contribution in [3.05, 3.63) is 84.2 Å². The van der Waals surface area contributed by atoms with Crippen molar-refractivity contribution in [2.45, 2.75) is 13.8 Å². The van der Waals surface area contributed by atoms with Gasteiger partial charge in [0.1, 0.15) is 10.8 Å². The van der Waals surface area contributed by atoms with E-state index in [0.717, 1.165) is 16.1 Å². The van der Waals surface area contributed by atoms with E-state index in [1.165, 1.54) is 29.7 Å². The summed E-state index contributed by atoms with van der Waals surface area (Å²) in [5, 5.41) is 9.95. The van der Waals surface area contributed by atoms with Crippen molar-refractivity contribution >= 4 is 17.5 Å². The van der Waals surface area contributed by atoms with E-state index >= 15 is 0 Å². The minimum atomic E-state index is -1.10. The molecule has 0 unspecified atom stereocenters. The predicted octanol–water partition coefficient (Wildman–Crippen LogP) is 6.40. The Morgan fingerprint density at radius 1 is 0.897 bits per heavy atom. The molecule has 0 saturated carbocycles. The second-order valence-electron chi connectivity index (χ2n) is 5.87. The molecule has 4 nitrogen and oxygen atoms in total. The van der Waals surface area contributed by atoms with Crippen LogP contribution in [-0.2, 0) is 0 Å². The summed E-state index contributed by atoms with van der Waals surface area (Å²) in [6.45, 7) is 4.00. The molecule has 0 aliphatic carbocycles. The molecule has 4 rings (SSSR count). The Hall–Kier alpha value is -3.38. The smallest absolute Gasteiger partial charge is 0.335 e. The van der Waals surface area contributed by atoms with E-state index in [2.05, 4.69) is 9.36 Å². The molecule has 1 heterocycles. The number of carboxylic acids is 1. The molecule has 0 fully saturated rings. The van der Waals surface area contributed by atoms with E-state index in [1.54, 1.807) is 18.2 Å². The Kier molecular flexibility index (Phi) is 6.46. The second kappa shape index (κ2) is 9.21. The van der Waals surface area contributed by atoms with Gasteiger partial charge in [-0.25, -0.2) is 14.2 Å². The van der Waals surface area contributed by atoms with E-state index in [9.17, 15) is 9.18 Å². The zero-order valence-corrected chi connectivity index (χ0v) is 16.8. The molecule has 3 aromatic carbocycles. The maximum atomic E-state index is 14.3. The van der Waals surface area contributed by atoms with E-state index in [1.807, 2.05) is 50.2 Å². The van der Waals surface area contributed by atoms with Crippen molar-refractivity contribution in [1.82, 2.24) is 9.36 Å². The van der Waals surface area contributed by atoms with Crippen LogP contribution in [0.2, 0.25) is 0 Å². The monoisotopic (exact) mass is 406 g/mol. The maximum Gasteiger partial charge on any atom is 0.335 e. The van der Waals surface area contributed by atoms with Gasteiger partial charge >= 0.3 is 5.97 Å². The topological polar surface area (TPSA) is 63.1 Å². The Morgan fingerprint density at radius 2 is 1.59 bits per heavy atom.